The molecule has 0 aliphatic rings. The second-order valence-corrected chi connectivity index (χ2v) is 3.68. The maximum Gasteiger partial charge on any atom is 0.272 e. The van der Waals surface area contributed by atoms with Crippen LogP contribution in [-0.4, -0.2) is 35.9 Å². The standard InChI is InChI=1S/C12H19N3O/c1-4-7-13-10-6-8-14-11(9-10)12(16)15(3)5-2/h6,8-9H,4-5,7H2,1-3H3,(H,13,14). The van der Waals surface area contributed by atoms with Crippen LogP contribution in [-0.2, 0) is 0 Å². The molecule has 4 nitrogen and oxygen atoms in total. The summed E-state index contributed by atoms with van der Waals surface area (Å²) in [5.41, 5.74) is 1.44. The first-order valence-corrected chi connectivity index (χ1v) is 5.64. The second-order valence-electron chi connectivity index (χ2n) is 3.68. The third-order valence-corrected chi connectivity index (χ3v) is 2.38. The van der Waals surface area contributed by atoms with E-state index in [4.69, 9.17) is 0 Å². The molecule has 16 heavy (non-hydrogen) atoms. The minimum atomic E-state index is -0.0392. The fourth-order valence-electron chi connectivity index (χ4n) is 1.27. The third kappa shape index (κ3) is 3.22. The minimum Gasteiger partial charge on any atom is -0.385 e. The van der Waals surface area contributed by atoms with E-state index in [9.17, 15) is 4.79 Å². The molecule has 0 radical (unpaired) electrons. The Balaban J connectivity index is 2.77. The van der Waals surface area contributed by atoms with Gasteiger partial charge in [-0.2, -0.15) is 0 Å². The van der Waals surface area contributed by atoms with Crippen LogP contribution in [0.1, 0.15) is 30.8 Å². The van der Waals surface area contributed by atoms with E-state index in [1.54, 1.807) is 24.2 Å². The Hall–Kier alpha value is -1.58. The number of anilines is 1. The zero-order chi connectivity index (χ0) is 12.0. The van der Waals surface area contributed by atoms with Gasteiger partial charge in [0.25, 0.3) is 5.91 Å². The molecule has 0 unspecified atom stereocenters. The number of carbonyl (C=O) groups is 1. The normalized spacial score (nSPS) is 9.94. The van der Waals surface area contributed by atoms with Gasteiger partial charge in [0.2, 0.25) is 0 Å². The average Bonchev–Trinajstić information content (AvgIpc) is 2.34. The van der Waals surface area contributed by atoms with Crippen LogP contribution in [0.2, 0.25) is 0 Å². The molecule has 1 aromatic rings. The molecule has 0 saturated heterocycles. The fourth-order valence-corrected chi connectivity index (χ4v) is 1.27. The summed E-state index contributed by atoms with van der Waals surface area (Å²) in [6.45, 7) is 5.64. The Bertz CT molecular complexity index is 352. The monoisotopic (exact) mass is 221 g/mol. The quantitative estimate of drug-likeness (QED) is 0.827. The van der Waals surface area contributed by atoms with Crippen molar-refractivity contribution in [3.05, 3.63) is 24.0 Å². The second kappa shape index (κ2) is 6.10. The summed E-state index contributed by atoms with van der Waals surface area (Å²) in [4.78, 5) is 17.6. The van der Waals surface area contributed by atoms with Crippen LogP contribution < -0.4 is 5.32 Å². The number of nitrogens with zero attached hydrogens (tertiary/aromatic N) is 2. The molecule has 1 rings (SSSR count). The number of rotatable bonds is 5. The zero-order valence-electron chi connectivity index (χ0n) is 10.2. The van der Waals surface area contributed by atoms with Crippen molar-refractivity contribution < 1.29 is 4.79 Å². The summed E-state index contributed by atoms with van der Waals surface area (Å²) in [6.07, 6.45) is 2.72. The van der Waals surface area contributed by atoms with Gasteiger partial charge in [-0.3, -0.25) is 9.78 Å². The number of pyridine rings is 1. The van der Waals surface area contributed by atoms with Crippen molar-refractivity contribution in [2.24, 2.45) is 0 Å². The van der Waals surface area contributed by atoms with E-state index in [-0.39, 0.29) is 5.91 Å². The van der Waals surface area contributed by atoms with E-state index < -0.39 is 0 Å². The fraction of sp³-hybridized carbons (Fsp3) is 0.500. The van der Waals surface area contributed by atoms with Crippen LogP contribution in [0.4, 0.5) is 5.69 Å². The Morgan fingerprint density at radius 3 is 2.88 bits per heavy atom. The van der Waals surface area contributed by atoms with Crippen LogP contribution >= 0.6 is 0 Å². The van der Waals surface area contributed by atoms with Gasteiger partial charge in [0.15, 0.2) is 0 Å². The molecule has 88 valence electrons. The SMILES string of the molecule is CCCNc1ccnc(C(=O)N(C)CC)c1. The molecule has 0 bridgehead atoms. The molecule has 0 spiro atoms. The molecule has 0 fully saturated rings. The molecule has 1 heterocycles. The first kappa shape index (κ1) is 12.5. The Kier molecular flexibility index (Phi) is 4.76. The van der Waals surface area contributed by atoms with Crippen molar-refractivity contribution in [2.75, 3.05) is 25.5 Å². The molecule has 4 heteroatoms. The van der Waals surface area contributed by atoms with Crippen LogP contribution in [0.25, 0.3) is 0 Å². The molecule has 0 aromatic carbocycles. The average molecular weight is 221 g/mol. The molecular weight excluding hydrogens is 202 g/mol. The molecule has 0 atom stereocenters. The van der Waals surface area contributed by atoms with E-state index in [0.717, 1.165) is 18.7 Å². The maximum atomic E-state index is 11.8. The van der Waals surface area contributed by atoms with Crippen LogP contribution in [0.5, 0.6) is 0 Å². The molecule has 1 aromatic heterocycles. The Labute approximate surface area is 96.7 Å². The summed E-state index contributed by atoms with van der Waals surface area (Å²) < 4.78 is 0. The van der Waals surface area contributed by atoms with Gasteiger partial charge in [-0.1, -0.05) is 6.92 Å². The third-order valence-electron chi connectivity index (χ3n) is 2.38. The lowest BCUT2D eigenvalue weighted by Gasteiger charge is -2.14. The van der Waals surface area contributed by atoms with Crippen molar-refractivity contribution in [3.63, 3.8) is 0 Å². The Morgan fingerprint density at radius 2 is 2.25 bits per heavy atom. The van der Waals surface area contributed by atoms with E-state index >= 15 is 0 Å². The summed E-state index contributed by atoms with van der Waals surface area (Å²) in [7, 11) is 1.77. The summed E-state index contributed by atoms with van der Waals surface area (Å²) >= 11 is 0. The minimum absolute atomic E-state index is 0.0392. The van der Waals surface area contributed by atoms with Gasteiger partial charge in [-0.25, -0.2) is 0 Å². The van der Waals surface area contributed by atoms with E-state index in [0.29, 0.717) is 12.2 Å². The van der Waals surface area contributed by atoms with Crippen molar-refractivity contribution in [3.8, 4) is 0 Å². The smallest absolute Gasteiger partial charge is 0.272 e. The predicted molar refractivity (Wildman–Crippen MR) is 65.7 cm³/mol. The van der Waals surface area contributed by atoms with Crippen LogP contribution in [0.3, 0.4) is 0 Å². The lowest BCUT2D eigenvalue weighted by atomic mass is 10.3. The topological polar surface area (TPSA) is 45.2 Å². The van der Waals surface area contributed by atoms with Gasteiger partial charge in [-0.15, -0.1) is 0 Å². The van der Waals surface area contributed by atoms with Gasteiger partial charge >= 0.3 is 0 Å². The molecule has 0 aliphatic heterocycles. The first-order chi connectivity index (χ1) is 7.69. The predicted octanol–water partition coefficient (Wildman–Crippen LogP) is 2.00. The molecule has 0 saturated carbocycles. The lowest BCUT2D eigenvalue weighted by Crippen LogP contribution is -2.27. The summed E-state index contributed by atoms with van der Waals surface area (Å²) in [5.74, 6) is -0.0392. The van der Waals surface area contributed by atoms with Crippen molar-refractivity contribution >= 4 is 11.6 Å². The van der Waals surface area contributed by atoms with E-state index in [2.05, 4.69) is 17.2 Å². The molecule has 1 amide bonds. The van der Waals surface area contributed by atoms with Gasteiger partial charge in [-0.05, 0) is 25.5 Å². The highest BCUT2D eigenvalue weighted by molar-refractivity contribution is 5.92. The zero-order valence-corrected chi connectivity index (χ0v) is 10.2. The first-order valence-electron chi connectivity index (χ1n) is 5.64. The van der Waals surface area contributed by atoms with E-state index in [1.165, 1.54) is 0 Å². The molecule has 1 N–H and O–H groups in total. The number of hydrogen-bond acceptors (Lipinski definition) is 3. The highest BCUT2D eigenvalue weighted by Gasteiger charge is 2.11. The van der Waals surface area contributed by atoms with Gasteiger partial charge in [0.1, 0.15) is 5.69 Å². The number of hydrogen-bond donors (Lipinski definition) is 1. The van der Waals surface area contributed by atoms with Crippen molar-refractivity contribution in [1.29, 1.82) is 0 Å². The maximum absolute atomic E-state index is 11.8. The van der Waals surface area contributed by atoms with Gasteiger partial charge < -0.3 is 10.2 Å². The summed E-state index contributed by atoms with van der Waals surface area (Å²) in [5, 5.41) is 3.24. The highest BCUT2D eigenvalue weighted by atomic mass is 16.2. The van der Waals surface area contributed by atoms with Gasteiger partial charge in [0, 0.05) is 32.0 Å². The van der Waals surface area contributed by atoms with Crippen LogP contribution in [0.15, 0.2) is 18.3 Å². The number of aromatic nitrogens is 1. The van der Waals surface area contributed by atoms with Gasteiger partial charge in [0.05, 0.1) is 0 Å². The molecule has 0 aliphatic carbocycles. The highest BCUT2D eigenvalue weighted by Crippen LogP contribution is 2.09. The number of nitrogens with one attached hydrogen (secondary N) is 1. The van der Waals surface area contributed by atoms with Crippen LogP contribution in [0, 0.1) is 0 Å². The van der Waals surface area contributed by atoms with Crippen molar-refractivity contribution in [1.82, 2.24) is 9.88 Å². The largest absolute Gasteiger partial charge is 0.385 e. The molecular formula is C12H19N3O. The summed E-state index contributed by atoms with van der Waals surface area (Å²) in [6, 6.07) is 3.67. The lowest BCUT2D eigenvalue weighted by molar-refractivity contribution is 0.0797. The Morgan fingerprint density at radius 1 is 1.50 bits per heavy atom. The van der Waals surface area contributed by atoms with Crippen molar-refractivity contribution in [2.45, 2.75) is 20.3 Å². The van der Waals surface area contributed by atoms with E-state index in [1.807, 2.05) is 13.0 Å². The number of carbonyl (C=O) groups excluding carboxylic acids is 1. The number of amides is 1.